The summed E-state index contributed by atoms with van der Waals surface area (Å²) in [5.74, 6) is -0.350. The molecule has 0 aromatic heterocycles. The average Bonchev–Trinajstić information content (AvgIpc) is 2.39. The van der Waals surface area contributed by atoms with Crippen molar-refractivity contribution in [3.05, 3.63) is 48.0 Å². The van der Waals surface area contributed by atoms with E-state index in [1.54, 1.807) is 36.4 Å². The fourth-order valence-electron chi connectivity index (χ4n) is 1.82. The minimum atomic E-state index is -3.32. The summed E-state index contributed by atoms with van der Waals surface area (Å²) in [4.78, 5) is 0. The molecule has 7 heteroatoms. The van der Waals surface area contributed by atoms with Crippen LogP contribution < -0.4 is 10.0 Å². The van der Waals surface area contributed by atoms with Crippen molar-refractivity contribution in [1.29, 1.82) is 0 Å². The van der Waals surface area contributed by atoms with Gasteiger partial charge in [0.2, 0.25) is 10.0 Å². The number of para-hydroxylation sites is 1. The van der Waals surface area contributed by atoms with E-state index in [1.807, 2.05) is 0 Å². The third kappa shape index (κ3) is 4.28. The molecule has 0 saturated carbocycles. The summed E-state index contributed by atoms with van der Waals surface area (Å²) in [5, 5.41) is 22.2. The maximum Gasteiger partial charge on any atom is 0.229 e. The van der Waals surface area contributed by atoms with Gasteiger partial charge in [-0.2, -0.15) is 0 Å². The zero-order chi connectivity index (χ0) is 15.5. The Bertz CT molecular complexity index is 744. The first-order valence-electron chi connectivity index (χ1n) is 6.17. The van der Waals surface area contributed by atoms with Crippen LogP contribution in [0.1, 0.15) is 5.56 Å². The van der Waals surface area contributed by atoms with E-state index in [0.717, 1.165) is 6.26 Å². The first-order chi connectivity index (χ1) is 9.85. The van der Waals surface area contributed by atoms with Crippen molar-refractivity contribution in [2.45, 2.75) is 6.54 Å². The Morgan fingerprint density at radius 3 is 2.43 bits per heavy atom. The zero-order valence-electron chi connectivity index (χ0n) is 11.4. The van der Waals surface area contributed by atoms with E-state index >= 15 is 0 Å². The Labute approximate surface area is 123 Å². The molecule has 2 rings (SSSR count). The number of aromatic hydroxyl groups is 2. The van der Waals surface area contributed by atoms with E-state index < -0.39 is 10.0 Å². The fourth-order valence-corrected chi connectivity index (χ4v) is 2.38. The van der Waals surface area contributed by atoms with Crippen molar-refractivity contribution in [3.8, 4) is 11.5 Å². The minimum absolute atomic E-state index is 0.171. The number of benzene rings is 2. The Kier molecular flexibility index (Phi) is 4.23. The van der Waals surface area contributed by atoms with Crippen molar-refractivity contribution < 1.29 is 18.6 Å². The van der Waals surface area contributed by atoms with Gasteiger partial charge in [0.25, 0.3) is 0 Å². The van der Waals surface area contributed by atoms with Crippen LogP contribution in [0.2, 0.25) is 0 Å². The first kappa shape index (κ1) is 15.0. The summed E-state index contributed by atoms with van der Waals surface area (Å²) in [5.41, 5.74) is 1.67. The Morgan fingerprint density at radius 2 is 1.71 bits per heavy atom. The van der Waals surface area contributed by atoms with Crippen LogP contribution in [0.3, 0.4) is 0 Å². The third-order valence-corrected chi connectivity index (χ3v) is 3.35. The molecule has 0 aliphatic rings. The highest BCUT2D eigenvalue weighted by molar-refractivity contribution is 7.92. The molecule has 2 aromatic carbocycles. The van der Waals surface area contributed by atoms with Gasteiger partial charge in [-0.3, -0.25) is 4.72 Å². The molecule has 0 saturated heterocycles. The number of hydrogen-bond donors (Lipinski definition) is 4. The molecule has 0 bridgehead atoms. The van der Waals surface area contributed by atoms with Gasteiger partial charge in [-0.25, -0.2) is 8.42 Å². The monoisotopic (exact) mass is 308 g/mol. The highest BCUT2D eigenvalue weighted by Crippen LogP contribution is 2.28. The normalized spacial score (nSPS) is 11.1. The van der Waals surface area contributed by atoms with E-state index in [4.69, 9.17) is 0 Å². The minimum Gasteiger partial charge on any atom is -0.504 e. The molecule has 112 valence electrons. The van der Waals surface area contributed by atoms with Crippen molar-refractivity contribution in [3.63, 3.8) is 0 Å². The van der Waals surface area contributed by atoms with Gasteiger partial charge in [0.05, 0.1) is 11.9 Å². The Balaban J connectivity index is 2.10. The van der Waals surface area contributed by atoms with Crippen LogP contribution >= 0.6 is 0 Å². The largest absolute Gasteiger partial charge is 0.504 e. The predicted octanol–water partition coefficient (Wildman–Crippen LogP) is 2.08. The molecule has 0 amide bonds. The van der Waals surface area contributed by atoms with Gasteiger partial charge in [-0.1, -0.05) is 18.2 Å². The maximum atomic E-state index is 11.2. The van der Waals surface area contributed by atoms with E-state index in [9.17, 15) is 18.6 Å². The molecule has 0 radical (unpaired) electrons. The number of phenols is 2. The van der Waals surface area contributed by atoms with E-state index in [0.29, 0.717) is 23.5 Å². The van der Waals surface area contributed by atoms with Gasteiger partial charge in [0.15, 0.2) is 11.5 Å². The summed E-state index contributed by atoms with van der Waals surface area (Å²) >= 11 is 0. The number of rotatable bonds is 5. The summed E-state index contributed by atoms with van der Waals surface area (Å²) in [6, 6.07) is 11.5. The molecule has 0 spiro atoms. The number of phenolic OH excluding ortho intramolecular Hbond substituents is 2. The van der Waals surface area contributed by atoms with Gasteiger partial charge in [0, 0.05) is 17.8 Å². The molecule has 0 aliphatic heterocycles. The Morgan fingerprint density at radius 1 is 1.05 bits per heavy atom. The first-order valence-corrected chi connectivity index (χ1v) is 8.06. The molecule has 6 nitrogen and oxygen atoms in total. The average molecular weight is 308 g/mol. The molecule has 2 aromatic rings. The lowest BCUT2D eigenvalue weighted by Gasteiger charge is -2.10. The van der Waals surface area contributed by atoms with Crippen molar-refractivity contribution in [2.24, 2.45) is 0 Å². The van der Waals surface area contributed by atoms with Crippen molar-refractivity contribution >= 4 is 21.4 Å². The SMILES string of the molecule is CS(=O)(=O)Nc1cccc(NCc2cccc(O)c2O)c1. The van der Waals surface area contributed by atoms with E-state index in [1.165, 1.54) is 6.07 Å². The third-order valence-electron chi connectivity index (χ3n) is 2.75. The van der Waals surface area contributed by atoms with Gasteiger partial charge >= 0.3 is 0 Å². The lowest BCUT2D eigenvalue weighted by Crippen LogP contribution is -2.09. The predicted molar refractivity (Wildman–Crippen MR) is 82.0 cm³/mol. The smallest absolute Gasteiger partial charge is 0.229 e. The molecule has 21 heavy (non-hydrogen) atoms. The van der Waals surface area contributed by atoms with Crippen LogP contribution in [0.5, 0.6) is 11.5 Å². The van der Waals surface area contributed by atoms with Crippen molar-refractivity contribution in [2.75, 3.05) is 16.3 Å². The van der Waals surface area contributed by atoms with Crippen LogP contribution in [0, 0.1) is 0 Å². The molecule has 0 heterocycles. The van der Waals surface area contributed by atoms with Gasteiger partial charge in [-0.15, -0.1) is 0 Å². The van der Waals surface area contributed by atoms with Gasteiger partial charge < -0.3 is 15.5 Å². The topological polar surface area (TPSA) is 98.7 Å². The van der Waals surface area contributed by atoms with E-state index in [-0.39, 0.29) is 11.5 Å². The van der Waals surface area contributed by atoms with Crippen LogP contribution in [0.15, 0.2) is 42.5 Å². The molecular weight excluding hydrogens is 292 g/mol. The molecule has 4 N–H and O–H groups in total. The number of nitrogens with one attached hydrogen (secondary N) is 2. The van der Waals surface area contributed by atoms with Crippen molar-refractivity contribution in [1.82, 2.24) is 0 Å². The van der Waals surface area contributed by atoms with E-state index in [2.05, 4.69) is 10.0 Å². The number of hydrogen-bond acceptors (Lipinski definition) is 5. The summed E-state index contributed by atoms with van der Waals surface area (Å²) in [6.45, 7) is 0.294. The van der Waals surface area contributed by atoms with Gasteiger partial charge in [0.1, 0.15) is 0 Å². The second-order valence-corrected chi connectivity index (χ2v) is 6.34. The molecular formula is C14H16N2O4S. The molecule has 0 unspecified atom stereocenters. The second kappa shape index (κ2) is 5.92. The number of sulfonamides is 1. The Hall–Kier alpha value is -2.41. The standard InChI is InChI=1S/C14H16N2O4S/c1-21(19,20)16-12-6-3-5-11(8-12)15-9-10-4-2-7-13(17)14(10)18/h2-8,15-18H,9H2,1H3. The van der Waals surface area contributed by atoms with Gasteiger partial charge in [-0.05, 0) is 24.3 Å². The maximum absolute atomic E-state index is 11.2. The van der Waals surface area contributed by atoms with Crippen LogP contribution in [0.25, 0.3) is 0 Å². The van der Waals surface area contributed by atoms with Crippen LogP contribution in [-0.4, -0.2) is 24.9 Å². The summed E-state index contributed by atoms with van der Waals surface area (Å²) < 4.78 is 24.7. The fraction of sp³-hybridized carbons (Fsp3) is 0.143. The summed E-state index contributed by atoms with van der Waals surface area (Å²) in [6.07, 6.45) is 1.08. The van der Waals surface area contributed by atoms with Crippen LogP contribution in [-0.2, 0) is 16.6 Å². The number of anilines is 2. The lowest BCUT2D eigenvalue weighted by atomic mass is 10.2. The summed E-state index contributed by atoms with van der Waals surface area (Å²) in [7, 11) is -3.32. The lowest BCUT2D eigenvalue weighted by molar-refractivity contribution is 0.400. The quantitative estimate of drug-likeness (QED) is 0.634. The molecule has 0 aliphatic carbocycles. The molecule has 0 fully saturated rings. The zero-order valence-corrected chi connectivity index (χ0v) is 12.2. The molecule has 0 atom stereocenters. The highest BCUT2D eigenvalue weighted by Gasteiger charge is 2.06. The highest BCUT2D eigenvalue weighted by atomic mass is 32.2. The second-order valence-electron chi connectivity index (χ2n) is 4.59. The van der Waals surface area contributed by atoms with Crippen LogP contribution in [0.4, 0.5) is 11.4 Å².